The van der Waals surface area contributed by atoms with E-state index < -0.39 is 0 Å². The Kier molecular flexibility index (Phi) is 6.49. The van der Waals surface area contributed by atoms with Crippen molar-refractivity contribution in [3.63, 3.8) is 0 Å². The lowest BCUT2D eigenvalue weighted by atomic mass is 10.2. The van der Waals surface area contributed by atoms with Gasteiger partial charge in [0.2, 0.25) is 5.91 Å². The van der Waals surface area contributed by atoms with E-state index in [2.05, 4.69) is 11.8 Å². The second kappa shape index (κ2) is 6.79. The van der Waals surface area contributed by atoms with E-state index in [1.54, 1.807) is 19.0 Å². The summed E-state index contributed by atoms with van der Waals surface area (Å²) in [6.45, 7) is 6.48. The maximum Gasteiger partial charge on any atom is 0.239 e. The van der Waals surface area contributed by atoms with Gasteiger partial charge in [-0.15, -0.1) is 0 Å². The number of hydrogen-bond donors (Lipinski definition) is 1. The van der Waals surface area contributed by atoms with Gasteiger partial charge >= 0.3 is 0 Å². The predicted molar refractivity (Wildman–Crippen MR) is 59.1 cm³/mol. The van der Waals surface area contributed by atoms with Crippen LogP contribution in [0.5, 0.6) is 0 Å². The van der Waals surface area contributed by atoms with Crippen LogP contribution in [0.4, 0.5) is 0 Å². The zero-order chi connectivity index (χ0) is 11.1. The molecule has 0 aromatic heterocycles. The van der Waals surface area contributed by atoms with Gasteiger partial charge in [-0.05, 0) is 26.4 Å². The Labute approximate surface area is 87.0 Å². The van der Waals surface area contributed by atoms with E-state index in [0.29, 0.717) is 6.54 Å². The first kappa shape index (κ1) is 13.4. The minimum absolute atomic E-state index is 0.0402. The van der Waals surface area contributed by atoms with Crippen molar-refractivity contribution in [3.8, 4) is 0 Å². The maximum atomic E-state index is 11.7. The SMILES string of the molecule is CCN(CCCN)C(C)C(=O)N(C)C. The number of nitrogens with two attached hydrogens (primary N) is 1. The van der Waals surface area contributed by atoms with Gasteiger partial charge in [-0.25, -0.2) is 0 Å². The third-order valence-electron chi connectivity index (χ3n) is 2.40. The van der Waals surface area contributed by atoms with E-state index in [1.165, 1.54) is 0 Å². The number of carbonyl (C=O) groups is 1. The Morgan fingerprint density at radius 2 is 2.00 bits per heavy atom. The molecule has 0 heterocycles. The summed E-state index contributed by atoms with van der Waals surface area (Å²) in [4.78, 5) is 15.4. The van der Waals surface area contributed by atoms with Gasteiger partial charge in [0.15, 0.2) is 0 Å². The average Bonchev–Trinajstić information content (AvgIpc) is 2.17. The van der Waals surface area contributed by atoms with Gasteiger partial charge < -0.3 is 10.6 Å². The van der Waals surface area contributed by atoms with Crippen molar-refractivity contribution in [2.45, 2.75) is 26.3 Å². The Morgan fingerprint density at radius 1 is 1.43 bits per heavy atom. The quantitative estimate of drug-likeness (QED) is 0.665. The zero-order valence-corrected chi connectivity index (χ0v) is 9.79. The lowest BCUT2D eigenvalue weighted by Gasteiger charge is -2.28. The van der Waals surface area contributed by atoms with Crippen molar-refractivity contribution in [1.29, 1.82) is 0 Å². The Morgan fingerprint density at radius 3 is 2.36 bits per heavy atom. The van der Waals surface area contributed by atoms with Crippen molar-refractivity contribution in [2.75, 3.05) is 33.7 Å². The van der Waals surface area contributed by atoms with E-state index in [0.717, 1.165) is 19.5 Å². The fraction of sp³-hybridized carbons (Fsp3) is 0.900. The summed E-state index contributed by atoms with van der Waals surface area (Å²) in [5.41, 5.74) is 5.45. The largest absolute Gasteiger partial charge is 0.347 e. The fourth-order valence-electron chi connectivity index (χ4n) is 1.45. The molecular weight excluding hydrogens is 178 g/mol. The van der Waals surface area contributed by atoms with Crippen LogP contribution in [0.1, 0.15) is 20.3 Å². The molecule has 0 spiro atoms. The standard InChI is InChI=1S/C10H23N3O/c1-5-13(8-6-7-11)9(2)10(14)12(3)4/h9H,5-8,11H2,1-4H3. The highest BCUT2D eigenvalue weighted by Gasteiger charge is 2.20. The smallest absolute Gasteiger partial charge is 0.239 e. The van der Waals surface area contributed by atoms with E-state index in [4.69, 9.17) is 5.73 Å². The topological polar surface area (TPSA) is 49.6 Å². The number of nitrogens with zero attached hydrogens (tertiary/aromatic N) is 2. The molecule has 0 saturated carbocycles. The van der Waals surface area contributed by atoms with Crippen LogP contribution >= 0.6 is 0 Å². The molecule has 1 unspecified atom stereocenters. The molecule has 0 saturated heterocycles. The molecule has 0 rings (SSSR count). The molecular formula is C10H23N3O. The highest BCUT2D eigenvalue weighted by Crippen LogP contribution is 2.02. The third-order valence-corrected chi connectivity index (χ3v) is 2.40. The molecule has 0 aliphatic rings. The minimum Gasteiger partial charge on any atom is -0.347 e. The molecule has 1 atom stereocenters. The second-order valence-corrected chi connectivity index (χ2v) is 3.68. The van der Waals surface area contributed by atoms with Gasteiger partial charge in [-0.2, -0.15) is 0 Å². The lowest BCUT2D eigenvalue weighted by Crippen LogP contribution is -2.45. The van der Waals surface area contributed by atoms with Crippen LogP contribution < -0.4 is 5.73 Å². The summed E-state index contributed by atoms with van der Waals surface area (Å²) in [6.07, 6.45) is 0.943. The minimum atomic E-state index is -0.0402. The van der Waals surface area contributed by atoms with Crippen LogP contribution in [0.2, 0.25) is 0 Å². The van der Waals surface area contributed by atoms with Gasteiger partial charge in [0.05, 0.1) is 6.04 Å². The van der Waals surface area contributed by atoms with Gasteiger partial charge in [0, 0.05) is 20.6 Å². The van der Waals surface area contributed by atoms with Crippen molar-refractivity contribution in [2.24, 2.45) is 5.73 Å². The number of hydrogen-bond acceptors (Lipinski definition) is 3. The van der Waals surface area contributed by atoms with Gasteiger partial charge in [-0.3, -0.25) is 9.69 Å². The summed E-state index contributed by atoms with van der Waals surface area (Å²) in [6, 6.07) is -0.0402. The molecule has 1 amide bonds. The molecule has 0 aliphatic heterocycles. The first-order chi connectivity index (χ1) is 6.54. The molecule has 84 valence electrons. The third kappa shape index (κ3) is 4.07. The number of likely N-dealkylation sites (N-methyl/N-ethyl adjacent to an activating group) is 2. The molecule has 0 aromatic carbocycles. The van der Waals surface area contributed by atoms with Gasteiger partial charge in [0.1, 0.15) is 0 Å². The van der Waals surface area contributed by atoms with Crippen LogP contribution in [0, 0.1) is 0 Å². The molecule has 0 aromatic rings. The normalized spacial score (nSPS) is 13.0. The molecule has 0 fully saturated rings. The van der Waals surface area contributed by atoms with Crippen LogP contribution in [0.25, 0.3) is 0 Å². The highest BCUT2D eigenvalue weighted by atomic mass is 16.2. The number of rotatable bonds is 6. The molecule has 14 heavy (non-hydrogen) atoms. The van der Waals surface area contributed by atoms with E-state index in [1.807, 2.05) is 6.92 Å². The van der Waals surface area contributed by atoms with Crippen LogP contribution in [0.15, 0.2) is 0 Å². The summed E-state index contributed by atoms with van der Waals surface area (Å²) in [7, 11) is 3.57. The summed E-state index contributed by atoms with van der Waals surface area (Å²) in [5, 5.41) is 0. The summed E-state index contributed by atoms with van der Waals surface area (Å²) in [5.74, 6) is 0.156. The number of carbonyl (C=O) groups excluding carboxylic acids is 1. The van der Waals surface area contributed by atoms with Crippen LogP contribution in [-0.4, -0.2) is 55.5 Å². The highest BCUT2D eigenvalue weighted by molar-refractivity contribution is 5.80. The van der Waals surface area contributed by atoms with E-state index >= 15 is 0 Å². The first-order valence-corrected chi connectivity index (χ1v) is 5.19. The Bertz CT molecular complexity index is 171. The van der Waals surface area contributed by atoms with Crippen LogP contribution in [-0.2, 0) is 4.79 Å². The first-order valence-electron chi connectivity index (χ1n) is 5.19. The maximum absolute atomic E-state index is 11.7. The summed E-state index contributed by atoms with van der Waals surface area (Å²) >= 11 is 0. The lowest BCUT2D eigenvalue weighted by molar-refractivity contribution is -0.133. The Balaban J connectivity index is 4.15. The molecule has 0 bridgehead atoms. The van der Waals surface area contributed by atoms with Gasteiger partial charge in [-0.1, -0.05) is 6.92 Å². The van der Waals surface area contributed by atoms with E-state index in [-0.39, 0.29) is 11.9 Å². The van der Waals surface area contributed by atoms with Gasteiger partial charge in [0.25, 0.3) is 0 Å². The molecule has 0 radical (unpaired) electrons. The van der Waals surface area contributed by atoms with Crippen molar-refractivity contribution in [1.82, 2.24) is 9.80 Å². The number of amides is 1. The fourth-order valence-corrected chi connectivity index (χ4v) is 1.45. The molecule has 4 nitrogen and oxygen atoms in total. The molecule has 4 heteroatoms. The summed E-state index contributed by atoms with van der Waals surface area (Å²) < 4.78 is 0. The predicted octanol–water partition coefficient (Wildman–Crippen LogP) is 0.134. The Hall–Kier alpha value is -0.610. The van der Waals surface area contributed by atoms with Crippen LogP contribution in [0.3, 0.4) is 0 Å². The second-order valence-electron chi connectivity index (χ2n) is 3.68. The van der Waals surface area contributed by atoms with Crippen molar-refractivity contribution >= 4 is 5.91 Å². The van der Waals surface area contributed by atoms with E-state index in [9.17, 15) is 4.79 Å². The zero-order valence-electron chi connectivity index (χ0n) is 9.79. The van der Waals surface area contributed by atoms with Crippen molar-refractivity contribution < 1.29 is 4.79 Å². The molecule has 2 N–H and O–H groups in total. The average molecular weight is 201 g/mol. The monoisotopic (exact) mass is 201 g/mol. The molecule has 0 aliphatic carbocycles. The van der Waals surface area contributed by atoms with Crippen molar-refractivity contribution in [3.05, 3.63) is 0 Å².